The van der Waals surface area contributed by atoms with Gasteiger partial charge in [0.05, 0.1) is 0 Å². The van der Waals surface area contributed by atoms with Gasteiger partial charge in [-0.25, -0.2) is 4.79 Å². The summed E-state index contributed by atoms with van der Waals surface area (Å²) in [5.41, 5.74) is 0. The highest BCUT2D eigenvalue weighted by Gasteiger charge is 2.44. The molecule has 0 aromatic carbocycles. The molecule has 6 unspecified atom stereocenters. The molecule has 0 N–H and O–H groups in total. The number of piperidine rings is 1. The summed E-state index contributed by atoms with van der Waals surface area (Å²) in [4.78, 5) is 31.2. The minimum absolute atomic E-state index is 0.109. The Morgan fingerprint density at radius 1 is 1.07 bits per heavy atom. The molecule has 3 aliphatic rings. The average Bonchev–Trinajstić information content (AvgIpc) is 2.64. The van der Waals surface area contributed by atoms with Crippen molar-refractivity contribution in [1.82, 2.24) is 5.06 Å². The van der Waals surface area contributed by atoms with Crippen molar-refractivity contribution in [3.05, 3.63) is 0 Å². The molecule has 4 nitrogen and oxygen atoms in total. The maximum atomic E-state index is 13.2. The highest BCUT2D eigenvalue weighted by atomic mass is 16.7. The van der Waals surface area contributed by atoms with Crippen LogP contribution < -0.4 is 0 Å². The van der Waals surface area contributed by atoms with E-state index in [0.717, 1.165) is 38.4 Å². The standard InChI is InChI=1S/C23H39NO3/c1-5-19-11-10-18-8-6-7-9-21(18)24(19)27-23(26)20(14-25)22-16(3)12-15(2)13-17(22)4/h14-22H,5-13H2,1-4H3. The molecule has 0 bridgehead atoms. The van der Waals surface area contributed by atoms with Gasteiger partial charge in [0.25, 0.3) is 0 Å². The molecule has 3 rings (SSSR count). The number of carbonyl (C=O) groups is 2. The molecule has 0 amide bonds. The van der Waals surface area contributed by atoms with E-state index in [9.17, 15) is 9.59 Å². The smallest absolute Gasteiger partial charge is 0.335 e. The number of fused-ring (bicyclic) bond motifs is 1. The topological polar surface area (TPSA) is 46.6 Å². The molecule has 154 valence electrons. The fourth-order valence-corrected chi connectivity index (χ4v) is 6.61. The SMILES string of the molecule is CCC1CCC2CCCCC2N1OC(=O)C(C=O)C1C(C)CC(C)CC1C. The zero-order valence-electron chi connectivity index (χ0n) is 17.7. The van der Waals surface area contributed by atoms with Gasteiger partial charge in [-0.05, 0) is 74.5 Å². The molecule has 27 heavy (non-hydrogen) atoms. The maximum absolute atomic E-state index is 13.2. The van der Waals surface area contributed by atoms with E-state index in [0.29, 0.717) is 35.8 Å². The van der Waals surface area contributed by atoms with Crippen LogP contribution in [0.15, 0.2) is 0 Å². The molecule has 4 heteroatoms. The van der Waals surface area contributed by atoms with Crippen molar-refractivity contribution in [3.63, 3.8) is 0 Å². The number of rotatable bonds is 5. The third kappa shape index (κ3) is 4.41. The number of nitrogens with zero attached hydrogens (tertiary/aromatic N) is 1. The number of aldehydes is 1. The lowest BCUT2D eigenvalue weighted by Crippen LogP contribution is -2.53. The van der Waals surface area contributed by atoms with E-state index in [1.54, 1.807) is 0 Å². The van der Waals surface area contributed by atoms with Gasteiger partial charge in [0.1, 0.15) is 12.2 Å². The highest BCUT2D eigenvalue weighted by Crippen LogP contribution is 2.43. The van der Waals surface area contributed by atoms with E-state index in [4.69, 9.17) is 4.84 Å². The first-order valence-corrected chi connectivity index (χ1v) is 11.4. The van der Waals surface area contributed by atoms with Crippen molar-refractivity contribution in [2.75, 3.05) is 0 Å². The number of hydrogen-bond acceptors (Lipinski definition) is 4. The number of hydrogen-bond donors (Lipinski definition) is 0. The molecule has 6 atom stereocenters. The summed E-state index contributed by atoms with van der Waals surface area (Å²) >= 11 is 0. The Kier molecular flexibility index (Phi) is 6.99. The lowest BCUT2D eigenvalue weighted by atomic mass is 9.65. The van der Waals surface area contributed by atoms with E-state index < -0.39 is 5.92 Å². The summed E-state index contributed by atoms with van der Waals surface area (Å²) in [5.74, 6) is 1.28. The molecule has 1 heterocycles. The first kappa shape index (κ1) is 20.8. The monoisotopic (exact) mass is 377 g/mol. The van der Waals surface area contributed by atoms with Gasteiger partial charge in [0.15, 0.2) is 0 Å². The van der Waals surface area contributed by atoms with Crippen LogP contribution in [0.25, 0.3) is 0 Å². The van der Waals surface area contributed by atoms with Gasteiger partial charge in [-0.2, -0.15) is 0 Å². The molecule has 3 fully saturated rings. The van der Waals surface area contributed by atoms with Crippen LogP contribution in [0, 0.1) is 35.5 Å². The van der Waals surface area contributed by atoms with E-state index >= 15 is 0 Å². The lowest BCUT2D eigenvalue weighted by molar-refractivity contribution is -0.242. The fraction of sp³-hybridized carbons (Fsp3) is 0.913. The van der Waals surface area contributed by atoms with E-state index in [1.807, 2.05) is 5.06 Å². The zero-order valence-corrected chi connectivity index (χ0v) is 17.7. The predicted octanol–water partition coefficient (Wildman–Crippen LogP) is 5.01. The lowest BCUT2D eigenvalue weighted by Gasteiger charge is -2.47. The van der Waals surface area contributed by atoms with Gasteiger partial charge in [-0.15, -0.1) is 5.06 Å². The quantitative estimate of drug-likeness (QED) is 0.499. The third-order valence-corrected chi connectivity index (χ3v) is 7.79. The molecule has 1 aliphatic heterocycles. The molecular formula is C23H39NO3. The third-order valence-electron chi connectivity index (χ3n) is 7.79. The Bertz CT molecular complexity index is 510. The Morgan fingerprint density at radius 2 is 1.74 bits per heavy atom. The van der Waals surface area contributed by atoms with Crippen LogP contribution in [0.3, 0.4) is 0 Å². The van der Waals surface area contributed by atoms with Gasteiger partial charge >= 0.3 is 5.97 Å². The van der Waals surface area contributed by atoms with Crippen molar-refractivity contribution in [3.8, 4) is 0 Å². The van der Waals surface area contributed by atoms with E-state index in [-0.39, 0.29) is 11.9 Å². The molecule has 0 aromatic rings. The summed E-state index contributed by atoms with van der Waals surface area (Å²) < 4.78 is 0. The largest absolute Gasteiger partial charge is 0.367 e. The second-order valence-electron chi connectivity index (χ2n) is 9.79. The summed E-state index contributed by atoms with van der Waals surface area (Å²) in [6.45, 7) is 8.86. The Morgan fingerprint density at radius 3 is 2.37 bits per heavy atom. The van der Waals surface area contributed by atoms with Crippen molar-refractivity contribution in [1.29, 1.82) is 0 Å². The Balaban J connectivity index is 1.73. The molecular weight excluding hydrogens is 338 g/mol. The molecule has 0 radical (unpaired) electrons. The van der Waals surface area contributed by atoms with Crippen LogP contribution in [0.1, 0.15) is 85.5 Å². The normalized spacial score (nSPS) is 41.4. The van der Waals surface area contributed by atoms with Crippen molar-refractivity contribution < 1.29 is 14.4 Å². The van der Waals surface area contributed by atoms with Gasteiger partial charge in [0.2, 0.25) is 0 Å². The summed E-state index contributed by atoms with van der Waals surface area (Å²) in [6, 6.07) is 0.664. The van der Waals surface area contributed by atoms with Gasteiger partial charge in [-0.1, -0.05) is 40.5 Å². The Hall–Kier alpha value is -0.900. The average molecular weight is 378 g/mol. The van der Waals surface area contributed by atoms with Gasteiger partial charge in [-0.3, -0.25) is 0 Å². The van der Waals surface area contributed by atoms with E-state index in [1.165, 1.54) is 25.7 Å². The predicted molar refractivity (Wildman–Crippen MR) is 107 cm³/mol. The highest BCUT2D eigenvalue weighted by molar-refractivity contribution is 5.88. The van der Waals surface area contributed by atoms with Crippen LogP contribution in [0.2, 0.25) is 0 Å². The molecule has 2 saturated carbocycles. The zero-order chi connectivity index (χ0) is 19.6. The number of hydroxylamine groups is 2. The molecule has 1 saturated heterocycles. The summed E-state index contributed by atoms with van der Waals surface area (Å²) in [7, 11) is 0. The maximum Gasteiger partial charge on any atom is 0.335 e. The number of carbonyl (C=O) groups excluding carboxylic acids is 2. The van der Waals surface area contributed by atoms with Crippen LogP contribution in [-0.2, 0) is 14.4 Å². The second kappa shape index (κ2) is 9.07. The van der Waals surface area contributed by atoms with Crippen molar-refractivity contribution in [2.24, 2.45) is 35.5 Å². The van der Waals surface area contributed by atoms with Crippen molar-refractivity contribution in [2.45, 2.75) is 97.6 Å². The molecule has 2 aliphatic carbocycles. The summed E-state index contributed by atoms with van der Waals surface area (Å²) in [5, 5.41) is 2.03. The van der Waals surface area contributed by atoms with Gasteiger partial charge < -0.3 is 9.63 Å². The first-order chi connectivity index (χ1) is 13.0. The first-order valence-electron chi connectivity index (χ1n) is 11.4. The van der Waals surface area contributed by atoms with Crippen LogP contribution >= 0.6 is 0 Å². The molecule has 0 aromatic heterocycles. The van der Waals surface area contributed by atoms with E-state index in [2.05, 4.69) is 27.7 Å². The van der Waals surface area contributed by atoms with Crippen LogP contribution in [0.5, 0.6) is 0 Å². The minimum Gasteiger partial charge on any atom is -0.367 e. The second-order valence-corrected chi connectivity index (χ2v) is 9.79. The van der Waals surface area contributed by atoms with Crippen molar-refractivity contribution >= 4 is 12.3 Å². The molecule has 0 spiro atoms. The summed E-state index contributed by atoms with van der Waals surface area (Å²) in [6.07, 6.45) is 11.3. The van der Waals surface area contributed by atoms with Crippen LogP contribution in [0.4, 0.5) is 0 Å². The van der Waals surface area contributed by atoms with Gasteiger partial charge in [0, 0.05) is 12.1 Å². The van der Waals surface area contributed by atoms with Crippen LogP contribution in [-0.4, -0.2) is 29.4 Å². The minimum atomic E-state index is -0.621. The Labute approximate surface area is 165 Å². The fourth-order valence-electron chi connectivity index (χ4n) is 6.61.